The van der Waals surface area contributed by atoms with Gasteiger partial charge in [-0.1, -0.05) is 11.6 Å². The van der Waals surface area contributed by atoms with E-state index in [1.165, 1.54) is 0 Å². The van der Waals surface area contributed by atoms with E-state index in [0.717, 1.165) is 22.6 Å². The van der Waals surface area contributed by atoms with Gasteiger partial charge >= 0.3 is 0 Å². The van der Waals surface area contributed by atoms with E-state index < -0.39 is 0 Å². The summed E-state index contributed by atoms with van der Waals surface area (Å²) in [5, 5.41) is 7.36. The number of nitrogens with two attached hydrogens (primary N) is 1. The first kappa shape index (κ1) is 10.8. The van der Waals surface area contributed by atoms with Gasteiger partial charge in [-0.3, -0.25) is 5.10 Å². The van der Waals surface area contributed by atoms with Crippen LogP contribution in [-0.4, -0.2) is 17.3 Å². The summed E-state index contributed by atoms with van der Waals surface area (Å²) in [5.74, 6) is 1.20. The highest BCUT2D eigenvalue weighted by Crippen LogP contribution is 2.32. The van der Waals surface area contributed by atoms with Gasteiger partial charge in [0.05, 0.1) is 12.8 Å². The molecule has 0 spiro atoms. The van der Waals surface area contributed by atoms with E-state index in [1.54, 1.807) is 13.2 Å². The molecule has 0 aliphatic carbocycles. The van der Waals surface area contributed by atoms with Crippen molar-refractivity contribution >= 4 is 17.4 Å². The van der Waals surface area contributed by atoms with Crippen LogP contribution < -0.4 is 10.5 Å². The number of nitrogens with zero attached hydrogens (tertiary/aromatic N) is 1. The van der Waals surface area contributed by atoms with Gasteiger partial charge in [0.25, 0.3) is 0 Å². The Morgan fingerprint density at radius 2 is 2.12 bits per heavy atom. The van der Waals surface area contributed by atoms with Crippen molar-refractivity contribution in [3.63, 3.8) is 0 Å². The summed E-state index contributed by atoms with van der Waals surface area (Å²) in [6.45, 7) is 1.91. The van der Waals surface area contributed by atoms with Crippen LogP contribution in [-0.2, 0) is 0 Å². The summed E-state index contributed by atoms with van der Waals surface area (Å²) < 4.78 is 5.24. The molecule has 16 heavy (non-hydrogen) atoms. The minimum Gasteiger partial charge on any atom is -0.496 e. The average Bonchev–Trinajstić information content (AvgIpc) is 2.69. The molecule has 0 unspecified atom stereocenters. The number of methoxy groups -OCH3 is 1. The Bertz CT molecular complexity index is 522. The Labute approximate surface area is 98.4 Å². The minimum atomic E-state index is 0.450. The van der Waals surface area contributed by atoms with Gasteiger partial charge in [-0.05, 0) is 19.1 Å². The summed E-state index contributed by atoms with van der Waals surface area (Å²) in [5.41, 5.74) is 8.18. The zero-order chi connectivity index (χ0) is 11.7. The van der Waals surface area contributed by atoms with Crippen LogP contribution in [0.4, 0.5) is 5.82 Å². The molecule has 0 atom stereocenters. The third-order valence-electron chi connectivity index (χ3n) is 2.43. The van der Waals surface area contributed by atoms with Gasteiger partial charge in [0.2, 0.25) is 0 Å². The number of anilines is 1. The molecule has 1 heterocycles. The van der Waals surface area contributed by atoms with Crippen LogP contribution in [0.15, 0.2) is 18.2 Å². The molecule has 3 N–H and O–H groups in total. The first-order chi connectivity index (χ1) is 7.61. The quantitative estimate of drug-likeness (QED) is 0.844. The smallest absolute Gasteiger partial charge is 0.145 e. The fourth-order valence-electron chi connectivity index (χ4n) is 1.51. The molecule has 0 aliphatic heterocycles. The van der Waals surface area contributed by atoms with Crippen LogP contribution in [0.2, 0.25) is 5.02 Å². The molecule has 4 nitrogen and oxygen atoms in total. The van der Waals surface area contributed by atoms with E-state index in [-0.39, 0.29) is 0 Å². The Kier molecular flexibility index (Phi) is 2.75. The number of H-pyrrole nitrogens is 1. The van der Waals surface area contributed by atoms with Crippen molar-refractivity contribution < 1.29 is 4.74 Å². The van der Waals surface area contributed by atoms with Gasteiger partial charge in [-0.25, -0.2) is 0 Å². The van der Waals surface area contributed by atoms with Gasteiger partial charge in [-0.15, -0.1) is 0 Å². The van der Waals surface area contributed by atoms with Crippen molar-refractivity contribution in [3.05, 3.63) is 28.8 Å². The van der Waals surface area contributed by atoms with Crippen LogP contribution in [0.5, 0.6) is 5.75 Å². The van der Waals surface area contributed by atoms with E-state index in [2.05, 4.69) is 10.2 Å². The number of ether oxygens (including phenoxy) is 1. The topological polar surface area (TPSA) is 63.9 Å². The Hall–Kier alpha value is -1.68. The average molecular weight is 238 g/mol. The minimum absolute atomic E-state index is 0.450. The maximum absolute atomic E-state index is 6.11. The summed E-state index contributed by atoms with van der Waals surface area (Å²) in [4.78, 5) is 0. The van der Waals surface area contributed by atoms with Crippen molar-refractivity contribution in [2.75, 3.05) is 12.8 Å². The third-order valence-corrected chi connectivity index (χ3v) is 2.82. The first-order valence-corrected chi connectivity index (χ1v) is 5.15. The number of benzene rings is 1. The van der Waals surface area contributed by atoms with Crippen LogP contribution >= 0.6 is 11.6 Å². The summed E-state index contributed by atoms with van der Waals surface area (Å²) >= 11 is 6.11. The summed E-state index contributed by atoms with van der Waals surface area (Å²) in [6.07, 6.45) is 0. The number of aromatic nitrogens is 2. The molecular formula is C11H12ClN3O. The molecule has 0 amide bonds. The number of halogens is 1. The SMILES string of the molecule is COc1cc(-c2cc(N)n[nH]2)cc(Cl)c1C. The van der Waals surface area contributed by atoms with Crippen LogP contribution in [0.3, 0.4) is 0 Å². The number of hydrogen-bond donors (Lipinski definition) is 2. The van der Waals surface area contributed by atoms with Crippen molar-refractivity contribution in [2.24, 2.45) is 0 Å². The Morgan fingerprint density at radius 3 is 2.69 bits per heavy atom. The van der Waals surface area contributed by atoms with Crippen LogP contribution in [0, 0.1) is 6.92 Å². The van der Waals surface area contributed by atoms with E-state index in [1.807, 2.05) is 19.1 Å². The van der Waals surface area contributed by atoms with Crippen LogP contribution in [0.1, 0.15) is 5.56 Å². The van der Waals surface area contributed by atoms with E-state index in [0.29, 0.717) is 10.8 Å². The number of aromatic amines is 1. The zero-order valence-corrected chi connectivity index (χ0v) is 9.80. The predicted molar refractivity (Wildman–Crippen MR) is 64.7 cm³/mol. The van der Waals surface area contributed by atoms with Gasteiger partial charge in [0, 0.05) is 22.2 Å². The van der Waals surface area contributed by atoms with Crippen molar-refractivity contribution in [1.82, 2.24) is 10.2 Å². The second-order valence-corrected chi connectivity index (χ2v) is 3.90. The summed E-state index contributed by atoms with van der Waals surface area (Å²) in [6, 6.07) is 5.50. The molecule has 0 radical (unpaired) electrons. The van der Waals surface area contributed by atoms with Crippen LogP contribution in [0.25, 0.3) is 11.3 Å². The fourth-order valence-corrected chi connectivity index (χ4v) is 1.72. The molecule has 2 aromatic rings. The lowest BCUT2D eigenvalue weighted by Crippen LogP contribution is -1.89. The summed E-state index contributed by atoms with van der Waals surface area (Å²) in [7, 11) is 1.61. The largest absolute Gasteiger partial charge is 0.496 e. The van der Waals surface area contributed by atoms with E-state index in [9.17, 15) is 0 Å². The predicted octanol–water partition coefficient (Wildman–Crippen LogP) is 2.63. The number of nitrogens with one attached hydrogen (secondary N) is 1. The van der Waals surface area contributed by atoms with E-state index in [4.69, 9.17) is 22.1 Å². The number of rotatable bonds is 2. The number of hydrogen-bond acceptors (Lipinski definition) is 3. The molecule has 0 aliphatic rings. The second kappa shape index (κ2) is 4.06. The van der Waals surface area contributed by atoms with Crippen molar-refractivity contribution in [1.29, 1.82) is 0 Å². The molecule has 84 valence electrons. The Balaban J connectivity index is 2.54. The standard InChI is InChI=1S/C11H12ClN3O/c1-6-8(12)3-7(4-10(6)16-2)9-5-11(13)15-14-9/h3-5H,1-2H3,(H3,13,14,15). The molecule has 2 rings (SSSR count). The maximum Gasteiger partial charge on any atom is 0.145 e. The molecule has 1 aromatic heterocycles. The number of nitrogen functional groups attached to an aromatic ring is 1. The molecule has 0 saturated carbocycles. The molecule has 0 fully saturated rings. The lowest BCUT2D eigenvalue weighted by atomic mass is 10.1. The molecule has 1 aromatic carbocycles. The van der Waals surface area contributed by atoms with Gasteiger partial charge in [0.1, 0.15) is 11.6 Å². The van der Waals surface area contributed by atoms with E-state index >= 15 is 0 Å². The fraction of sp³-hybridized carbons (Fsp3) is 0.182. The molecule has 0 bridgehead atoms. The van der Waals surface area contributed by atoms with Crippen molar-refractivity contribution in [2.45, 2.75) is 6.92 Å². The van der Waals surface area contributed by atoms with Gasteiger partial charge < -0.3 is 10.5 Å². The molecule has 0 saturated heterocycles. The lowest BCUT2D eigenvalue weighted by molar-refractivity contribution is 0.412. The highest BCUT2D eigenvalue weighted by atomic mass is 35.5. The monoisotopic (exact) mass is 237 g/mol. The normalized spacial score (nSPS) is 10.4. The second-order valence-electron chi connectivity index (χ2n) is 3.49. The van der Waals surface area contributed by atoms with Gasteiger partial charge in [-0.2, -0.15) is 5.10 Å². The zero-order valence-electron chi connectivity index (χ0n) is 9.04. The van der Waals surface area contributed by atoms with Gasteiger partial charge in [0.15, 0.2) is 0 Å². The molecule has 5 heteroatoms. The maximum atomic E-state index is 6.11. The highest BCUT2D eigenvalue weighted by Gasteiger charge is 2.09. The highest BCUT2D eigenvalue weighted by molar-refractivity contribution is 6.31. The third kappa shape index (κ3) is 1.84. The molecular weight excluding hydrogens is 226 g/mol. The first-order valence-electron chi connectivity index (χ1n) is 4.77. The Morgan fingerprint density at radius 1 is 1.38 bits per heavy atom. The lowest BCUT2D eigenvalue weighted by Gasteiger charge is -2.08. The van der Waals surface area contributed by atoms with Crippen molar-refractivity contribution in [3.8, 4) is 17.0 Å².